The van der Waals surface area contributed by atoms with Crippen LogP contribution in [-0.2, 0) is 0 Å². The predicted molar refractivity (Wildman–Crippen MR) is 86.6 cm³/mol. The van der Waals surface area contributed by atoms with Crippen LogP contribution in [0.4, 0.5) is 0 Å². The number of nitrogens with zero attached hydrogens (tertiary/aromatic N) is 2. The number of aromatic nitrogens is 2. The standard InChI is InChI=1S/C18H10N2S/c1-2-4-15-14(3-1)18-17-13(6-8-20-18)12-5-7-19-10-11(12)9-16(17)21-15/h1-10H. The first-order valence-electron chi connectivity index (χ1n) is 6.84. The van der Waals surface area contributed by atoms with Crippen LogP contribution in [0.25, 0.3) is 32.8 Å². The van der Waals surface area contributed by atoms with E-state index in [1.54, 1.807) is 0 Å². The van der Waals surface area contributed by atoms with E-state index >= 15 is 0 Å². The van der Waals surface area contributed by atoms with Crippen LogP contribution in [0.15, 0.2) is 70.8 Å². The van der Waals surface area contributed by atoms with Gasteiger partial charge in [0, 0.05) is 44.7 Å². The molecule has 0 radical (unpaired) electrons. The van der Waals surface area contributed by atoms with Crippen molar-refractivity contribution in [3.63, 3.8) is 0 Å². The predicted octanol–water partition coefficient (Wildman–Crippen LogP) is 4.91. The van der Waals surface area contributed by atoms with Gasteiger partial charge < -0.3 is 0 Å². The SMILES string of the molecule is c1ccc2c(c1)Sc1cc3cnccc3c3ccnc-2c13. The lowest BCUT2D eigenvalue weighted by Gasteiger charge is -2.20. The molecule has 0 saturated carbocycles. The van der Waals surface area contributed by atoms with Gasteiger partial charge >= 0.3 is 0 Å². The number of hydrogen-bond donors (Lipinski definition) is 0. The lowest BCUT2D eigenvalue weighted by molar-refractivity contribution is 1.29. The van der Waals surface area contributed by atoms with E-state index in [4.69, 9.17) is 0 Å². The third-order valence-corrected chi connectivity index (χ3v) is 5.11. The monoisotopic (exact) mass is 286 g/mol. The Balaban J connectivity index is 2.04. The summed E-state index contributed by atoms with van der Waals surface area (Å²) < 4.78 is 0. The van der Waals surface area contributed by atoms with E-state index < -0.39 is 0 Å². The van der Waals surface area contributed by atoms with Crippen molar-refractivity contribution >= 4 is 33.3 Å². The van der Waals surface area contributed by atoms with Crippen molar-refractivity contribution < 1.29 is 0 Å². The second-order valence-corrected chi connectivity index (χ2v) is 6.24. The summed E-state index contributed by atoms with van der Waals surface area (Å²) in [5, 5.41) is 4.95. The van der Waals surface area contributed by atoms with Crippen molar-refractivity contribution in [2.24, 2.45) is 0 Å². The molecule has 2 aromatic heterocycles. The molecule has 2 nitrogen and oxygen atoms in total. The maximum absolute atomic E-state index is 4.66. The quantitative estimate of drug-likeness (QED) is 0.378. The van der Waals surface area contributed by atoms with E-state index in [9.17, 15) is 0 Å². The van der Waals surface area contributed by atoms with Gasteiger partial charge in [0.05, 0.1) is 5.69 Å². The number of fused-ring (bicyclic) bond motifs is 4. The molecular formula is C18H10N2S. The molecule has 5 rings (SSSR count). The zero-order valence-corrected chi connectivity index (χ0v) is 11.9. The van der Waals surface area contributed by atoms with Gasteiger partial charge in [-0.25, -0.2) is 0 Å². The van der Waals surface area contributed by atoms with Gasteiger partial charge in [0.25, 0.3) is 0 Å². The van der Waals surface area contributed by atoms with Crippen LogP contribution in [0.3, 0.4) is 0 Å². The summed E-state index contributed by atoms with van der Waals surface area (Å²) >= 11 is 1.82. The highest BCUT2D eigenvalue weighted by atomic mass is 32.2. The Morgan fingerprint density at radius 2 is 1.76 bits per heavy atom. The highest BCUT2D eigenvalue weighted by molar-refractivity contribution is 7.99. The van der Waals surface area contributed by atoms with Gasteiger partial charge in [-0.05, 0) is 35.0 Å². The molecule has 1 aliphatic heterocycles. The van der Waals surface area contributed by atoms with E-state index in [0.717, 1.165) is 5.69 Å². The number of pyridine rings is 2. The number of rotatable bonds is 0. The van der Waals surface area contributed by atoms with Gasteiger partial charge in [-0.15, -0.1) is 0 Å². The van der Waals surface area contributed by atoms with Crippen LogP contribution in [0, 0.1) is 0 Å². The molecule has 0 amide bonds. The minimum atomic E-state index is 1.09. The highest BCUT2D eigenvalue weighted by Crippen LogP contribution is 2.48. The summed E-state index contributed by atoms with van der Waals surface area (Å²) in [5.41, 5.74) is 2.32. The van der Waals surface area contributed by atoms with E-state index in [2.05, 4.69) is 52.4 Å². The topological polar surface area (TPSA) is 25.8 Å². The van der Waals surface area contributed by atoms with Crippen LogP contribution >= 0.6 is 11.8 Å². The van der Waals surface area contributed by atoms with Crippen molar-refractivity contribution in [1.29, 1.82) is 0 Å². The maximum Gasteiger partial charge on any atom is 0.0803 e. The van der Waals surface area contributed by atoms with E-state index in [0.29, 0.717) is 0 Å². The molecule has 0 atom stereocenters. The lowest BCUT2D eigenvalue weighted by atomic mass is 9.99. The van der Waals surface area contributed by atoms with Crippen molar-refractivity contribution in [3.8, 4) is 11.3 Å². The minimum Gasteiger partial charge on any atom is -0.264 e. The maximum atomic E-state index is 4.66. The van der Waals surface area contributed by atoms with E-state index in [1.165, 1.54) is 36.9 Å². The Bertz CT molecular complexity index is 1020. The van der Waals surface area contributed by atoms with Crippen molar-refractivity contribution in [1.82, 2.24) is 9.97 Å². The zero-order valence-electron chi connectivity index (χ0n) is 11.1. The largest absolute Gasteiger partial charge is 0.264 e. The third-order valence-electron chi connectivity index (χ3n) is 3.99. The second-order valence-electron chi connectivity index (χ2n) is 5.15. The smallest absolute Gasteiger partial charge is 0.0803 e. The summed E-state index contributed by atoms with van der Waals surface area (Å²) in [5.74, 6) is 0. The summed E-state index contributed by atoms with van der Waals surface area (Å²) in [6.07, 6.45) is 5.70. The van der Waals surface area contributed by atoms with Gasteiger partial charge in [0.1, 0.15) is 0 Å². The first kappa shape index (κ1) is 11.3. The fraction of sp³-hybridized carbons (Fsp3) is 0. The molecule has 0 fully saturated rings. The van der Waals surface area contributed by atoms with Crippen LogP contribution in [0.1, 0.15) is 0 Å². The first-order chi connectivity index (χ1) is 10.4. The summed E-state index contributed by atoms with van der Waals surface area (Å²) in [7, 11) is 0. The minimum absolute atomic E-state index is 1.09. The van der Waals surface area contributed by atoms with Gasteiger partial charge in [-0.3, -0.25) is 9.97 Å². The van der Waals surface area contributed by atoms with Gasteiger partial charge in [0.15, 0.2) is 0 Å². The fourth-order valence-corrected chi connectivity index (χ4v) is 4.22. The van der Waals surface area contributed by atoms with Gasteiger partial charge in [-0.1, -0.05) is 30.0 Å². The molecular weight excluding hydrogens is 276 g/mol. The number of benzene rings is 2. The summed E-state index contributed by atoms with van der Waals surface area (Å²) in [4.78, 5) is 11.5. The molecule has 3 heterocycles. The Labute approximate surface area is 125 Å². The highest BCUT2D eigenvalue weighted by Gasteiger charge is 2.20. The van der Waals surface area contributed by atoms with Gasteiger partial charge in [-0.2, -0.15) is 0 Å². The molecule has 98 valence electrons. The van der Waals surface area contributed by atoms with Crippen LogP contribution in [-0.4, -0.2) is 9.97 Å². The average Bonchev–Trinajstić information content (AvgIpc) is 2.55. The van der Waals surface area contributed by atoms with E-state index in [-0.39, 0.29) is 0 Å². The zero-order chi connectivity index (χ0) is 13.8. The lowest BCUT2D eigenvalue weighted by Crippen LogP contribution is -1.95. The first-order valence-corrected chi connectivity index (χ1v) is 7.66. The molecule has 4 aromatic rings. The Kier molecular flexibility index (Phi) is 2.18. The molecule has 1 aliphatic rings. The Hall–Kier alpha value is -2.39. The molecule has 0 unspecified atom stereocenters. The van der Waals surface area contributed by atoms with Crippen LogP contribution < -0.4 is 0 Å². The molecule has 0 spiro atoms. The van der Waals surface area contributed by atoms with Crippen molar-refractivity contribution in [3.05, 3.63) is 61.1 Å². The van der Waals surface area contributed by atoms with Crippen LogP contribution in [0.5, 0.6) is 0 Å². The number of hydrogen-bond acceptors (Lipinski definition) is 3. The summed E-state index contributed by atoms with van der Waals surface area (Å²) in [6, 6.07) is 14.9. The Morgan fingerprint density at radius 3 is 2.76 bits per heavy atom. The molecule has 0 aliphatic carbocycles. The fourth-order valence-electron chi connectivity index (χ4n) is 3.07. The molecule has 2 aromatic carbocycles. The van der Waals surface area contributed by atoms with Crippen molar-refractivity contribution in [2.75, 3.05) is 0 Å². The Morgan fingerprint density at radius 1 is 0.857 bits per heavy atom. The normalized spacial score (nSPS) is 12.6. The van der Waals surface area contributed by atoms with Crippen molar-refractivity contribution in [2.45, 2.75) is 9.79 Å². The molecule has 0 saturated heterocycles. The third kappa shape index (κ3) is 1.49. The average molecular weight is 286 g/mol. The van der Waals surface area contributed by atoms with Gasteiger partial charge in [0.2, 0.25) is 0 Å². The molecule has 3 heteroatoms. The van der Waals surface area contributed by atoms with Crippen LogP contribution in [0.2, 0.25) is 0 Å². The second kappa shape index (κ2) is 4.06. The van der Waals surface area contributed by atoms with E-state index in [1.807, 2.05) is 30.4 Å². The summed E-state index contributed by atoms with van der Waals surface area (Å²) in [6.45, 7) is 0. The molecule has 0 bridgehead atoms. The molecule has 0 N–H and O–H groups in total. The molecule has 21 heavy (non-hydrogen) atoms.